The Morgan fingerprint density at radius 3 is 2.92 bits per heavy atom. The zero-order valence-corrected chi connectivity index (χ0v) is 15.5. The lowest BCUT2D eigenvalue weighted by Crippen LogP contribution is -2.39. The lowest BCUT2D eigenvalue weighted by molar-refractivity contribution is -0.171. The minimum atomic E-state index is -1.13. The lowest BCUT2D eigenvalue weighted by atomic mass is 9.86. The Balaban J connectivity index is 1.82. The first-order valence-electron chi connectivity index (χ1n) is 8.79. The Morgan fingerprint density at radius 1 is 1.42 bits per heavy atom. The molecule has 0 aromatic heterocycles. The molecule has 3 atom stereocenters. The van der Waals surface area contributed by atoms with Crippen LogP contribution in [0.4, 0.5) is 0 Å². The number of nitrogens with zero attached hydrogens (tertiary/aromatic N) is 1. The number of carbonyl (C=O) groups is 2. The number of carboxylic acid groups (broad SMARTS) is 1. The largest absolute Gasteiger partial charge is 0.481 e. The number of benzene rings is 1. The van der Waals surface area contributed by atoms with Gasteiger partial charge in [0.05, 0.1) is 12.2 Å². The number of hydrogen-bond donors (Lipinski definition) is 1. The van der Waals surface area contributed by atoms with Crippen LogP contribution in [0.5, 0.6) is 0 Å². The number of aliphatic imine (C=N–C) groups is 1. The van der Waals surface area contributed by atoms with E-state index >= 15 is 0 Å². The molecule has 2 aliphatic heterocycles. The Hall–Kier alpha value is -1.70. The normalized spacial score (nSPS) is 28.2. The Kier molecular flexibility index (Phi) is 6.11. The maximum Gasteiger partial charge on any atom is 0.311 e. The van der Waals surface area contributed by atoms with Crippen LogP contribution in [0.2, 0.25) is 0 Å². The van der Waals surface area contributed by atoms with Gasteiger partial charge in [0.2, 0.25) is 0 Å². The molecule has 0 amide bonds. The monoisotopic (exact) mass is 377 g/mol. The Bertz CT molecular complexity index is 701. The summed E-state index contributed by atoms with van der Waals surface area (Å²) in [5, 5.41) is 9.00. The molecular formula is C19H23NO5S. The van der Waals surface area contributed by atoms with Gasteiger partial charge in [-0.2, -0.15) is 0 Å². The fourth-order valence-electron chi connectivity index (χ4n) is 3.24. The van der Waals surface area contributed by atoms with Crippen molar-refractivity contribution in [1.29, 1.82) is 0 Å². The van der Waals surface area contributed by atoms with Crippen molar-refractivity contribution < 1.29 is 24.2 Å². The number of hydrogen-bond acceptors (Lipinski definition) is 6. The summed E-state index contributed by atoms with van der Waals surface area (Å²) in [7, 11) is 0. The maximum atomic E-state index is 12.1. The summed E-state index contributed by atoms with van der Waals surface area (Å²) in [6, 6.07) is 7.08. The third-order valence-electron chi connectivity index (χ3n) is 4.84. The van der Waals surface area contributed by atoms with Gasteiger partial charge in [-0.1, -0.05) is 25.1 Å². The summed E-state index contributed by atoms with van der Waals surface area (Å²) >= 11 is 1.62. The molecule has 1 aromatic carbocycles. The summed E-state index contributed by atoms with van der Waals surface area (Å²) in [4.78, 5) is 27.7. The first-order chi connectivity index (χ1) is 12.5. The minimum Gasteiger partial charge on any atom is -0.481 e. The molecule has 1 N–H and O–H groups in total. The van der Waals surface area contributed by atoms with E-state index in [1.165, 1.54) is 0 Å². The number of aliphatic carboxylic acids is 1. The summed E-state index contributed by atoms with van der Waals surface area (Å²) in [5.74, 6) is -1.54. The van der Waals surface area contributed by atoms with E-state index in [2.05, 4.69) is 6.92 Å². The molecule has 0 saturated carbocycles. The minimum absolute atomic E-state index is 0.135. The van der Waals surface area contributed by atoms with Crippen molar-refractivity contribution in [2.75, 3.05) is 13.2 Å². The third-order valence-corrected chi connectivity index (χ3v) is 5.87. The van der Waals surface area contributed by atoms with Gasteiger partial charge >= 0.3 is 5.97 Å². The lowest BCUT2D eigenvalue weighted by Gasteiger charge is -2.33. The van der Waals surface area contributed by atoms with Crippen LogP contribution in [0, 0.1) is 0 Å². The molecule has 1 saturated heterocycles. The van der Waals surface area contributed by atoms with Gasteiger partial charge in [-0.3, -0.25) is 14.6 Å². The molecule has 3 unspecified atom stereocenters. The van der Waals surface area contributed by atoms with Gasteiger partial charge in [0.1, 0.15) is 12.0 Å². The molecule has 1 fully saturated rings. The molecule has 0 bridgehead atoms. The van der Waals surface area contributed by atoms with Crippen molar-refractivity contribution in [3.63, 3.8) is 0 Å². The predicted molar refractivity (Wildman–Crippen MR) is 99.8 cm³/mol. The highest BCUT2D eigenvalue weighted by atomic mass is 32.2. The number of rotatable bonds is 7. The summed E-state index contributed by atoms with van der Waals surface area (Å²) < 4.78 is 11.7. The van der Waals surface area contributed by atoms with Crippen molar-refractivity contribution in [2.24, 2.45) is 4.99 Å². The van der Waals surface area contributed by atoms with Crippen LogP contribution in [0.1, 0.15) is 48.5 Å². The number of carbonyl (C=O) groups excluding carboxylic acids is 1. The Labute approximate surface area is 157 Å². The van der Waals surface area contributed by atoms with Gasteiger partial charge in [-0.15, -0.1) is 11.8 Å². The van der Waals surface area contributed by atoms with Crippen LogP contribution in [-0.2, 0) is 19.8 Å². The van der Waals surface area contributed by atoms with Crippen molar-refractivity contribution in [2.45, 2.75) is 49.7 Å². The van der Waals surface area contributed by atoms with Gasteiger partial charge in [0.15, 0.2) is 12.1 Å². The van der Waals surface area contributed by atoms with E-state index in [9.17, 15) is 9.59 Å². The molecular weight excluding hydrogens is 354 g/mol. The van der Waals surface area contributed by atoms with Gasteiger partial charge in [0.25, 0.3) is 0 Å². The van der Waals surface area contributed by atoms with Gasteiger partial charge in [0, 0.05) is 17.4 Å². The average Bonchev–Trinajstić information content (AvgIpc) is 3.02. The smallest absolute Gasteiger partial charge is 0.311 e. The van der Waals surface area contributed by atoms with E-state index in [-0.39, 0.29) is 11.5 Å². The second-order valence-electron chi connectivity index (χ2n) is 6.62. The number of Topliss-reactive ketones (excluding diaryl/α,β-unsaturated/α-hetero) is 1. The number of ketones is 1. The molecule has 0 aliphatic carbocycles. The molecule has 6 nitrogen and oxygen atoms in total. The van der Waals surface area contributed by atoms with E-state index in [0.29, 0.717) is 18.8 Å². The topological polar surface area (TPSA) is 85.2 Å². The summed E-state index contributed by atoms with van der Waals surface area (Å²) in [6.07, 6.45) is 2.29. The van der Waals surface area contributed by atoms with Crippen molar-refractivity contribution >= 4 is 29.1 Å². The van der Waals surface area contributed by atoms with Crippen LogP contribution in [0.25, 0.3) is 0 Å². The standard InChI is InChI=1S/C19H23NO5S/c1-13-19(20-12-26-13,11-25-18-7-2-3-8-24-18)15-6-4-5-14(9-15)16(21)10-17(22)23/h4-6,9,12-13,18H,2-3,7-8,10-11H2,1H3,(H,22,23). The van der Waals surface area contributed by atoms with Crippen molar-refractivity contribution in [3.05, 3.63) is 35.4 Å². The van der Waals surface area contributed by atoms with E-state index < -0.39 is 23.7 Å². The van der Waals surface area contributed by atoms with E-state index in [0.717, 1.165) is 24.8 Å². The van der Waals surface area contributed by atoms with Gasteiger partial charge in [-0.05, 0) is 30.9 Å². The molecule has 3 rings (SSSR count). The highest BCUT2D eigenvalue weighted by molar-refractivity contribution is 8.12. The fraction of sp³-hybridized carbons (Fsp3) is 0.526. The summed E-state index contributed by atoms with van der Waals surface area (Å²) in [6.45, 7) is 3.15. The SMILES string of the molecule is CC1SC=NC1(COC1CCCCO1)c1cccc(C(=O)CC(=O)O)c1. The predicted octanol–water partition coefficient (Wildman–Crippen LogP) is 3.25. The molecule has 2 aliphatic rings. The van der Waals surface area contributed by atoms with Crippen LogP contribution in [-0.4, -0.2) is 47.2 Å². The average molecular weight is 377 g/mol. The van der Waals surface area contributed by atoms with Crippen molar-refractivity contribution in [3.8, 4) is 0 Å². The first kappa shape index (κ1) is 19.1. The van der Waals surface area contributed by atoms with Crippen molar-refractivity contribution in [1.82, 2.24) is 0 Å². The zero-order chi connectivity index (χ0) is 18.6. The molecule has 26 heavy (non-hydrogen) atoms. The highest BCUT2D eigenvalue weighted by Gasteiger charge is 2.42. The quantitative estimate of drug-likeness (QED) is 0.580. The van der Waals surface area contributed by atoms with Crippen LogP contribution >= 0.6 is 11.8 Å². The molecule has 0 spiro atoms. The second-order valence-corrected chi connectivity index (χ2v) is 7.81. The third kappa shape index (κ3) is 4.16. The fourth-order valence-corrected chi connectivity index (χ4v) is 4.17. The van der Waals surface area contributed by atoms with E-state index in [1.54, 1.807) is 30.0 Å². The first-order valence-corrected chi connectivity index (χ1v) is 9.73. The molecule has 2 heterocycles. The zero-order valence-electron chi connectivity index (χ0n) is 14.7. The van der Waals surface area contributed by atoms with Gasteiger partial charge in [-0.25, -0.2) is 0 Å². The molecule has 1 aromatic rings. The molecule has 0 radical (unpaired) electrons. The summed E-state index contributed by atoms with van der Waals surface area (Å²) in [5.41, 5.74) is 2.46. The van der Waals surface area contributed by atoms with E-state index in [1.807, 2.05) is 11.6 Å². The van der Waals surface area contributed by atoms with Gasteiger partial charge < -0.3 is 14.6 Å². The highest BCUT2D eigenvalue weighted by Crippen LogP contribution is 2.41. The van der Waals surface area contributed by atoms with Crippen LogP contribution in [0.3, 0.4) is 0 Å². The molecule has 140 valence electrons. The van der Waals surface area contributed by atoms with Crippen LogP contribution < -0.4 is 0 Å². The number of carboxylic acids is 1. The second kappa shape index (κ2) is 8.33. The maximum absolute atomic E-state index is 12.1. The number of thioether (sulfide) groups is 1. The molecule has 7 heteroatoms. The van der Waals surface area contributed by atoms with E-state index in [4.69, 9.17) is 19.6 Å². The number of ether oxygens (including phenoxy) is 2. The Morgan fingerprint density at radius 2 is 2.27 bits per heavy atom. The van der Waals surface area contributed by atoms with Crippen LogP contribution in [0.15, 0.2) is 29.3 Å².